The first-order valence-electron chi connectivity index (χ1n) is 5.97. The van der Waals surface area contributed by atoms with Crippen LogP contribution in [0.3, 0.4) is 0 Å². The van der Waals surface area contributed by atoms with Crippen LogP contribution in [0.15, 0.2) is 0 Å². The predicted octanol–water partition coefficient (Wildman–Crippen LogP) is -0.401. The van der Waals surface area contributed by atoms with E-state index in [9.17, 15) is 13.2 Å². The van der Waals surface area contributed by atoms with E-state index in [1.165, 1.54) is 0 Å². The van der Waals surface area contributed by atoms with Crippen LogP contribution in [-0.4, -0.2) is 47.1 Å². The van der Waals surface area contributed by atoms with Gasteiger partial charge in [-0.1, -0.05) is 0 Å². The van der Waals surface area contributed by atoms with Crippen molar-refractivity contribution < 1.29 is 13.2 Å². The van der Waals surface area contributed by atoms with Crippen LogP contribution >= 0.6 is 0 Å². The van der Waals surface area contributed by atoms with E-state index in [1.807, 2.05) is 0 Å². The molecule has 1 atom stereocenters. The maximum absolute atomic E-state index is 11.8. The molecule has 1 aliphatic carbocycles. The number of nitrogens with zero attached hydrogens (tertiary/aromatic N) is 2. The third-order valence-electron chi connectivity index (χ3n) is 3.24. The van der Waals surface area contributed by atoms with Crippen LogP contribution in [0.4, 0.5) is 0 Å². The van der Waals surface area contributed by atoms with Gasteiger partial charge in [-0.25, -0.2) is 13.4 Å². The maximum atomic E-state index is 11.8. The minimum atomic E-state index is -2.98. The highest BCUT2D eigenvalue weighted by molar-refractivity contribution is 7.91. The molecule has 2 N–H and O–H groups in total. The summed E-state index contributed by atoms with van der Waals surface area (Å²) in [6, 6.07) is -0.314. The molecule has 8 heteroatoms. The molecule has 2 aliphatic rings. The molecule has 98 valence electrons. The minimum Gasteiger partial charge on any atom is -0.345 e. The monoisotopic (exact) mass is 270 g/mol. The molecule has 2 heterocycles. The number of carbonyl (C=O) groups excluding carboxylic acids is 1. The summed E-state index contributed by atoms with van der Waals surface area (Å²) in [7, 11) is -2.98. The number of H-pyrrole nitrogens is 1. The standard InChI is InChI=1S/C10H14N4O3S/c15-10(11-7-3-4-18(16,17)5-7)9-12-8(13-14-9)6-1-2-6/h6-7H,1-5H2,(H,11,15)(H,12,13,14). The summed E-state index contributed by atoms with van der Waals surface area (Å²) in [5.74, 6) is 1.00. The summed E-state index contributed by atoms with van der Waals surface area (Å²) in [6.07, 6.45) is 2.63. The van der Waals surface area contributed by atoms with E-state index in [4.69, 9.17) is 0 Å². The van der Waals surface area contributed by atoms with E-state index in [0.29, 0.717) is 12.3 Å². The topological polar surface area (TPSA) is 105 Å². The fraction of sp³-hybridized carbons (Fsp3) is 0.700. The van der Waals surface area contributed by atoms with E-state index in [1.54, 1.807) is 0 Å². The summed E-state index contributed by atoms with van der Waals surface area (Å²) in [6.45, 7) is 0. The third kappa shape index (κ3) is 2.38. The molecule has 3 rings (SSSR count). The van der Waals surface area contributed by atoms with Gasteiger partial charge < -0.3 is 5.32 Å². The van der Waals surface area contributed by atoms with Crippen LogP contribution in [0.25, 0.3) is 0 Å². The van der Waals surface area contributed by atoms with E-state index in [0.717, 1.165) is 18.7 Å². The molecule has 0 radical (unpaired) electrons. The van der Waals surface area contributed by atoms with Crippen molar-refractivity contribution in [3.8, 4) is 0 Å². The molecule has 1 saturated carbocycles. The molecule has 18 heavy (non-hydrogen) atoms. The lowest BCUT2D eigenvalue weighted by atomic mass is 10.2. The Morgan fingerprint density at radius 3 is 2.72 bits per heavy atom. The first kappa shape index (κ1) is 11.6. The highest BCUT2D eigenvalue weighted by Gasteiger charge is 2.31. The Balaban J connectivity index is 1.63. The molecular formula is C10H14N4O3S. The Bertz CT molecular complexity index is 576. The molecular weight excluding hydrogens is 256 g/mol. The number of amides is 1. The van der Waals surface area contributed by atoms with Gasteiger partial charge in [0.1, 0.15) is 5.82 Å². The van der Waals surface area contributed by atoms with E-state index in [2.05, 4.69) is 20.5 Å². The van der Waals surface area contributed by atoms with Crippen molar-refractivity contribution in [2.75, 3.05) is 11.5 Å². The first-order chi connectivity index (χ1) is 8.53. The number of aromatic amines is 1. The second-order valence-electron chi connectivity index (χ2n) is 4.89. The van der Waals surface area contributed by atoms with Gasteiger partial charge in [0.2, 0.25) is 5.82 Å². The second-order valence-corrected chi connectivity index (χ2v) is 7.12. The lowest BCUT2D eigenvalue weighted by molar-refractivity contribution is 0.0931. The molecule has 1 unspecified atom stereocenters. The Kier molecular flexibility index (Phi) is 2.61. The van der Waals surface area contributed by atoms with Gasteiger partial charge in [-0.15, -0.1) is 5.10 Å². The average molecular weight is 270 g/mol. The second kappa shape index (κ2) is 4.04. The molecule has 1 amide bonds. The molecule has 0 aromatic carbocycles. The molecule has 1 aliphatic heterocycles. The van der Waals surface area contributed by atoms with E-state index < -0.39 is 15.7 Å². The van der Waals surface area contributed by atoms with Gasteiger partial charge in [-0.2, -0.15) is 0 Å². The smallest absolute Gasteiger partial charge is 0.291 e. The largest absolute Gasteiger partial charge is 0.345 e. The fourth-order valence-corrected chi connectivity index (χ4v) is 3.75. The van der Waals surface area contributed by atoms with Gasteiger partial charge in [-0.05, 0) is 19.3 Å². The zero-order valence-corrected chi connectivity index (χ0v) is 10.5. The highest BCUT2D eigenvalue weighted by Crippen LogP contribution is 2.37. The molecule has 1 aromatic rings. The minimum absolute atomic E-state index is 0.0125. The van der Waals surface area contributed by atoms with E-state index in [-0.39, 0.29) is 23.4 Å². The van der Waals surface area contributed by atoms with Crippen molar-refractivity contribution >= 4 is 15.7 Å². The van der Waals surface area contributed by atoms with Crippen molar-refractivity contribution in [3.05, 3.63) is 11.6 Å². The van der Waals surface area contributed by atoms with Crippen molar-refractivity contribution in [2.45, 2.75) is 31.2 Å². The van der Waals surface area contributed by atoms with Crippen molar-refractivity contribution in [2.24, 2.45) is 0 Å². The number of sulfone groups is 1. The number of rotatable bonds is 3. The third-order valence-corrected chi connectivity index (χ3v) is 5.01. The normalized spacial score (nSPS) is 26.1. The molecule has 2 fully saturated rings. The summed E-state index contributed by atoms with van der Waals surface area (Å²) in [4.78, 5) is 15.9. The summed E-state index contributed by atoms with van der Waals surface area (Å²) in [5, 5.41) is 9.27. The van der Waals surface area contributed by atoms with Crippen LogP contribution in [0.2, 0.25) is 0 Å². The predicted molar refractivity (Wildman–Crippen MR) is 62.9 cm³/mol. The first-order valence-corrected chi connectivity index (χ1v) is 7.79. The van der Waals surface area contributed by atoms with Crippen LogP contribution in [0, 0.1) is 0 Å². The number of carbonyl (C=O) groups is 1. The lowest BCUT2D eigenvalue weighted by Crippen LogP contribution is -2.36. The van der Waals surface area contributed by atoms with Gasteiger partial charge in [0.05, 0.1) is 11.5 Å². The van der Waals surface area contributed by atoms with Gasteiger partial charge in [0.25, 0.3) is 5.91 Å². The molecule has 1 aromatic heterocycles. The lowest BCUT2D eigenvalue weighted by Gasteiger charge is -2.07. The summed E-state index contributed by atoms with van der Waals surface area (Å²) < 4.78 is 22.5. The van der Waals surface area contributed by atoms with Gasteiger partial charge in [0, 0.05) is 12.0 Å². The Hall–Kier alpha value is -1.44. The number of hydrogen-bond donors (Lipinski definition) is 2. The SMILES string of the molecule is O=C(NC1CCS(=O)(=O)C1)c1n[nH]c(C2CC2)n1. The zero-order chi connectivity index (χ0) is 12.8. The Labute approximate surface area is 104 Å². The van der Waals surface area contributed by atoms with Crippen LogP contribution in [0.5, 0.6) is 0 Å². The van der Waals surface area contributed by atoms with Gasteiger partial charge in [-0.3, -0.25) is 9.89 Å². The van der Waals surface area contributed by atoms with Crippen molar-refractivity contribution in [3.63, 3.8) is 0 Å². The van der Waals surface area contributed by atoms with Crippen LogP contribution in [-0.2, 0) is 9.84 Å². The summed E-state index contributed by atoms with van der Waals surface area (Å²) in [5.41, 5.74) is 0. The molecule has 0 spiro atoms. The molecule has 0 bridgehead atoms. The summed E-state index contributed by atoms with van der Waals surface area (Å²) >= 11 is 0. The van der Waals surface area contributed by atoms with Gasteiger partial charge in [0.15, 0.2) is 9.84 Å². The van der Waals surface area contributed by atoms with Crippen LogP contribution < -0.4 is 5.32 Å². The highest BCUT2D eigenvalue weighted by atomic mass is 32.2. The number of hydrogen-bond acceptors (Lipinski definition) is 5. The van der Waals surface area contributed by atoms with Crippen molar-refractivity contribution in [1.82, 2.24) is 20.5 Å². The Morgan fingerprint density at radius 2 is 2.11 bits per heavy atom. The fourth-order valence-electron chi connectivity index (χ4n) is 2.07. The zero-order valence-electron chi connectivity index (χ0n) is 9.72. The van der Waals surface area contributed by atoms with Crippen LogP contribution in [0.1, 0.15) is 41.6 Å². The Morgan fingerprint density at radius 1 is 1.33 bits per heavy atom. The molecule has 7 nitrogen and oxygen atoms in total. The van der Waals surface area contributed by atoms with E-state index >= 15 is 0 Å². The molecule has 1 saturated heterocycles. The average Bonchev–Trinajstić information content (AvgIpc) is 2.93. The number of nitrogens with one attached hydrogen (secondary N) is 2. The number of aromatic nitrogens is 3. The van der Waals surface area contributed by atoms with Crippen molar-refractivity contribution in [1.29, 1.82) is 0 Å². The van der Waals surface area contributed by atoms with Gasteiger partial charge >= 0.3 is 0 Å². The quantitative estimate of drug-likeness (QED) is 0.777. The maximum Gasteiger partial charge on any atom is 0.291 e.